The molecule has 0 aliphatic heterocycles. The molecule has 0 aliphatic rings. The summed E-state index contributed by atoms with van der Waals surface area (Å²) in [5, 5.41) is 8.08. The lowest BCUT2D eigenvalue weighted by molar-refractivity contribution is 0.670. The molecule has 0 atom stereocenters. The third-order valence-corrected chi connectivity index (χ3v) is 11.4. The molecule has 0 spiro atoms. The summed E-state index contributed by atoms with van der Waals surface area (Å²) in [6, 6.07) is 60.3. The lowest BCUT2D eigenvalue weighted by Crippen LogP contribution is -1.94. The van der Waals surface area contributed by atoms with Crippen molar-refractivity contribution in [1.82, 2.24) is 9.97 Å². The minimum atomic E-state index is 0.651. The number of nitrogens with zero attached hydrogens (tertiary/aromatic N) is 2. The average Bonchev–Trinajstić information content (AvgIpc) is 3.77. The zero-order valence-corrected chi connectivity index (χ0v) is 28.7. The van der Waals surface area contributed by atoms with Gasteiger partial charge >= 0.3 is 0 Å². The maximum atomic E-state index is 6.80. The molecule has 4 heteroatoms. The van der Waals surface area contributed by atoms with E-state index in [2.05, 4.69) is 164 Å². The smallest absolute Gasteiger partial charge is 0.164 e. The van der Waals surface area contributed by atoms with E-state index in [4.69, 9.17) is 14.4 Å². The predicted octanol–water partition coefficient (Wildman–Crippen LogP) is 13.7. The molecule has 11 rings (SSSR count). The molecule has 0 amide bonds. The highest BCUT2D eigenvalue weighted by Crippen LogP contribution is 2.44. The molecule has 11 aromatic rings. The summed E-state index contributed by atoms with van der Waals surface area (Å²) in [7, 11) is 0. The van der Waals surface area contributed by atoms with E-state index in [-0.39, 0.29) is 0 Å². The number of rotatable bonds is 4. The summed E-state index contributed by atoms with van der Waals surface area (Å²) in [6.45, 7) is 0. The SMILES string of the molecule is c1ccc(-c2nc(-c3cc(-c4ccc(-c5cccc6ccccc56)cc4)cc4c3oc3cc5ccccc5cc34)nc3c2sc2ccccc23)cc1. The molecule has 52 heavy (non-hydrogen) atoms. The van der Waals surface area contributed by atoms with E-state index in [0.717, 1.165) is 70.9 Å². The molecule has 8 aromatic carbocycles. The van der Waals surface area contributed by atoms with Crippen LogP contribution in [0.4, 0.5) is 0 Å². The molecule has 0 radical (unpaired) electrons. The predicted molar refractivity (Wildman–Crippen MR) is 219 cm³/mol. The molecule has 0 N–H and O–H groups in total. The van der Waals surface area contributed by atoms with Gasteiger partial charge in [-0.15, -0.1) is 11.3 Å². The number of hydrogen-bond donors (Lipinski definition) is 0. The van der Waals surface area contributed by atoms with Gasteiger partial charge < -0.3 is 4.42 Å². The lowest BCUT2D eigenvalue weighted by Gasteiger charge is -2.11. The highest BCUT2D eigenvalue weighted by atomic mass is 32.1. The van der Waals surface area contributed by atoms with Gasteiger partial charge in [-0.3, -0.25) is 0 Å². The maximum Gasteiger partial charge on any atom is 0.164 e. The molecule has 3 nitrogen and oxygen atoms in total. The van der Waals surface area contributed by atoms with Crippen molar-refractivity contribution in [2.24, 2.45) is 0 Å². The van der Waals surface area contributed by atoms with Gasteiger partial charge in [0.15, 0.2) is 5.82 Å². The molecular formula is C48H28N2OS. The Kier molecular flexibility index (Phi) is 6.42. The third kappa shape index (κ3) is 4.58. The molecule has 0 saturated heterocycles. The first kappa shape index (κ1) is 29.1. The quantitative estimate of drug-likeness (QED) is 0.186. The molecule has 3 heterocycles. The van der Waals surface area contributed by atoms with Gasteiger partial charge in [0, 0.05) is 26.4 Å². The van der Waals surface area contributed by atoms with Gasteiger partial charge in [0.25, 0.3) is 0 Å². The molecule has 0 saturated carbocycles. The van der Waals surface area contributed by atoms with Gasteiger partial charge in [0.2, 0.25) is 0 Å². The highest BCUT2D eigenvalue weighted by Gasteiger charge is 2.21. The van der Waals surface area contributed by atoms with E-state index in [9.17, 15) is 0 Å². The first-order chi connectivity index (χ1) is 25.7. The Labute approximate surface area is 303 Å². The number of furan rings is 1. The van der Waals surface area contributed by atoms with Crippen molar-refractivity contribution in [1.29, 1.82) is 0 Å². The van der Waals surface area contributed by atoms with E-state index in [1.165, 1.54) is 32.0 Å². The van der Waals surface area contributed by atoms with Gasteiger partial charge in [-0.2, -0.15) is 0 Å². The van der Waals surface area contributed by atoms with E-state index in [0.29, 0.717) is 5.82 Å². The van der Waals surface area contributed by atoms with Crippen molar-refractivity contribution in [2.45, 2.75) is 0 Å². The fraction of sp³-hybridized carbons (Fsp3) is 0. The average molecular weight is 681 g/mol. The first-order valence-electron chi connectivity index (χ1n) is 17.5. The second-order valence-corrected chi connectivity index (χ2v) is 14.4. The Morgan fingerprint density at radius 1 is 0.423 bits per heavy atom. The Morgan fingerprint density at radius 2 is 1.12 bits per heavy atom. The molecule has 0 fully saturated rings. The fourth-order valence-electron chi connectivity index (χ4n) is 7.72. The summed E-state index contributed by atoms with van der Waals surface area (Å²) in [4.78, 5) is 10.7. The van der Waals surface area contributed by atoms with Crippen LogP contribution in [0.5, 0.6) is 0 Å². The van der Waals surface area contributed by atoms with Crippen molar-refractivity contribution in [3.8, 4) is 44.9 Å². The minimum Gasteiger partial charge on any atom is -0.455 e. The Bertz CT molecular complexity index is 3170. The van der Waals surface area contributed by atoms with Crippen LogP contribution in [0.15, 0.2) is 174 Å². The largest absolute Gasteiger partial charge is 0.455 e. The van der Waals surface area contributed by atoms with E-state index in [1.807, 2.05) is 6.07 Å². The van der Waals surface area contributed by atoms with Gasteiger partial charge in [-0.05, 0) is 74.1 Å². The maximum absolute atomic E-state index is 6.80. The second-order valence-electron chi connectivity index (χ2n) is 13.3. The van der Waals surface area contributed by atoms with Crippen LogP contribution in [0.3, 0.4) is 0 Å². The number of aromatic nitrogens is 2. The van der Waals surface area contributed by atoms with Crippen LogP contribution >= 0.6 is 11.3 Å². The second kappa shape index (κ2) is 11.5. The first-order valence-corrected chi connectivity index (χ1v) is 18.3. The van der Waals surface area contributed by atoms with Crippen LogP contribution in [-0.4, -0.2) is 9.97 Å². The van der Waals surface area contributed by atoms with Crippen molar-refractivity contribution in [3.05, 3.63) is 170 Å². The molecule has 0 aliphatic carbocycles. The van der Waals surface area contributed by atoms with Crippen molar-refractivity contribution in [3.63, 3.8) is 0 Å². The molecule has 3 aromatic heterocycles. The van der Waals surface area contributed by atoms with Crippen LogP contribution in [0.1, 0.15) is 0 Å². The van der Waals surface area contributed by atoms with Crippen LogP contribution in [0.25, 0.3) is 109 Å². The van der Waals surface area contributed by atoms with Crippen molar-refractivity contribution < 1.29 is 4.42 Å². The summed E-state index contributed by atoms with van der Waals surface area (Å²) in [5.74, 6) is 0.651. The molecule has 0 bridgehead atoms. The minimum absolute atomic E-state index is 0.651. The lowest BCUT2D eigenvalue weighted by atomic mass is 9.94. The number of benzene rings is 8. The van der Waals surface area contributed by atoms with E-state index in [1.54, 1.807) is 11.3 Å². The van der Waals surface area contributed by atoms with Crippen molar-refractivity contribution >= 4 is 75.1 Å². The number of thiophene rings is 1. The Morgan fingerprint density at radius 3 is 1.96 bits per heavy atom. The zero-order chi connectivity index (χ0) is 34.2. The topological polar surface area (TPSA) is 38.9 Å². The van der Waals surface area contributed by atoms with E-state index < -0.39 is 0 Å². The monoisotopic (exact) mass is 680 g/mol. The highest BCUT2D eigenvalue weighted by molar-refractivity contribution is 7.26. The standard InChI is InChI=1S/C48H28N2OS/c1-2-12-32(13-3-1)44-47-45(38-18-8-9-20-43(38)52-47)50-48(49-44)41-27-35(26-40-39-25-33-14-4-5-15-34(33)28-42(39)51-46(40)41)29-21-23-31(24-22-29)37-19-10-16-30-11-6-7-17-36(30)37/h1-28H. The van der Waals surface area contributed by atoms with Gasteiger partial charge in [-0.1, -0.05) is 140 Å². The van der Waals surface area contributed by atoms with Gasteiger partial charge in [0.05, 0.1) is 21.5 Å². The third-order valence-electron chi connectivity index (χ3n) is 10.3. The summed E-state index contributed by atoms with van der Waals surface area (Å²) >= 11 is 1.75. The molecule has 0 unspecified atom stereocenters. The van der Waals surface area contributed by atoms with E-state index >= 15 is 0 Å². The Hall–Kier alpha value is -6.62. The summed E-state index contributed by atoms with van der Waals surface area (Å²) < 4.78 is 9.09. The van der Waals surface area contributed by atoms with Crippen LogP contribution in [0.2, 0.25) is 0 Å². The number of hydrogen-bond acceptors (Lipinski definition) is 4. The molecular weight excluding hydrogens is 653 g/mol. The van der Waals surface area contributed by atoms with Crippen molar-refractivity contribution in [2.75, 3.05) is 0 Å². The van der Waals surface area contributed by atoms with Gasteiger partial charge in [-0.25, -0.2) is 9.97 Å². The fourth-order valence-corrected chi connectivity index (χ4v) is 8.87. The molecule has 242 valence electrons. The van der Waals surface area contributed by atoms with Crippen LogP contribution in [0, 0.1) is 0 Å². The normalized spacial score (nSPS) is 11.8. The zero-order valence-electron chi connectivity index (χ0n) is 27.9. The van der Waals surface area contributed by atoms with Crippen LogP contribution in [-0.2, 0) is 0 Å². The van der Waals surface area contributed by atoms with Gasteiger partial charge in [0.1, 0.15) is 11.2 Å². The number of fused-ring (bicyclic) bond motifs is 8. The summed E-state index contributed by atoms with van der Waals surface area (Å²) in [5.41, 5.74) is 10.1. The summed E-state index contributed by atoms with van der Waals surface area (Å²) in [6.07, 6.45) is 0. The Balaban J connectivity index is 1.18. The van der Waals surface area contributed by atoms with Crippen LogP contribution < -0.4 is 0 Å².